The van der Waals surface area contributed by atoms with E-state index in [0.29, 0.717) is 21.8 Å². The summed E-state index contributed by atoms with van der Waals surface area (Å²) in [4.78, 5) is 14.9. The van der Waals surface area contributed by atoms with E-state index in [4.69, 9.17) is 21.4 Å². The van der Waals surface area contributed by atoms with Crippen LogP contribution in [0.4, 0.5) is 0 Å². The van der Waals surface area contributed by atoms with Gasteiger partial charge in [0.05, 0.1) is 5.02 Å². The average molecular weight is 314 g/mol. The lowest BCUT2D eigenvalue weighted by molar-refractivity contribution is -0.136. The molecule has 8 heteroatoms. The largest absolute Gasteiger partial charge is 0.484 e. The van der Waals surface area contributed by atoms with Gasteiger partial charge in [0.2, 0.25) is 5.16 Å². The molecule has 0 spiro atoms. The number of hydrogen-bond acceptors (Lipinski definition) is 5. The number of rotatable bonds is 6. The molecule has 0 bridgehead atoms. The summed E-state index contributed by atoms with van der Waals surface area (Å²) < 4.78 is 5.50. The van der Waals surface area contributed by atoms with E-state index in [1.165, 1.54) is 0 Å². The molecule has 20 heavy (non-hydrogen) atoms. The molecule has 6 nitrogen and oxygen atoms in total. The van der Waals surface area contributed by atoms with E-state index in [2.05, 4.69) is 15.2 Å². The van der Waals surface area contributed by atoms with Crippen LogP contribution >= 0.6 is 23.4 Å². The first-order chi connectivity index (χ1) is 9.56. The van der Waals surface area contributed by atoms with Gasteiger partial charge in [0.25, 0.3) is 0 Å². The number of para-hydroxylation sites is 1. The van der Waals surface area contributed by atoms with Crippen LogP contribution < -0.4 is 4.74 Å². The number of nitrogens with one attached hydrogen (secondary N) is 1. The number of benzene rings is 1. The Morgan fingerprint density at radius 1 is 1.55 bits per heavy atom. The topological polar surface area (TPSA) is 88.1 Å². The predicted molar refractivity (Wildman–Crippen MR) is 75.1 cm³/mol. The van der Waals surface area contributed by atoms with Crippen LogP contribution in [0.2, 0.25) is 5.02 Å². The molecule has 1 aromatic heterocycles. The molecule has 0 saturated carbocycles. The number of hydrogen-bond donors (Lipinski definition) is 2. The van der Waals surface area contributed by atoms with Gasteiger partial charge in [-0.05, 0) is 19.1 Å². The number of aromatic amines is 1. The monoisotopic (exact) mass is 313 g/mol. The first-order valence-electron chi connectivity index (χ1n) is 5.74. The molecular formula is C12H12ClN3O3S. The molecule has 2 N–H and O–H groups in total. The Labute approximate surface area is 124 Å². The highest BCUT2D eigenvalue weighted by Gasteiger charge is 2.15. The highest BCUT2D eigenvalue weighted by atomic mass is 35.5. The number of carboxylic acids is 1. The summed E-state index contributed by atoms with van der Waals surface area (Å²) >= 11 is 7.02. The van der Waals surface area contributed by atoms with Gasteiger partial charge in [-0.25, -0.2) is 4.98 Å². The van der Waals surface area contributed by atoms with Gasteiger partial charge in [0.15, 0.2) is 5.82 Å². The van der Waals surface area contributed by atoms with Crippen molar-refractivity contribution in [1.82, 2.24) is 15.2 Å². The zero-order valence-corrected chi connectivity index (χ0v) is 12.1. The molecule has 0 radical (unpaired) electrons. The normalized spacial score (nSPS) is 12.1. The lowest BCUT2D eigenvalue weighted by atomic mass is 10.3. The number of ether oxygens (including phenoxy) is 1. The highest BCUT2D eigenvalue weighted by molar-refractivity contribution is 8.00. The zero-order chi connectivity index (χ0) is 14.5. The van der Waals surface area contributed by atoms with Gasteiger partial charge in [-0.1, -0.05) is 35.5 Å². The van der Waals surface area contributed by atoms with Crippen molar-refractivity contribution < 1.29 is 14.6 Å². The molecule has 0 aliphatic carbocycles. The summed E-state index contributed by atoms with van der Waals surface area (Å²) in [5, 5.41) is 15.7. The molecule has 0 aliphatic rings. The van der Waals surface area contributed by atoms with Crippen LogP contribution in [0.25, 0.3) is 0 Å². The fourth-order valence-corrected chi connectivity index (χ4v) is 2.18. The van der Waals surface area contributed by atoms with Crippen LogP contribution in [0.15, 0.2) is 29.4 Å². The van der Waals surface area contributed by atoms with Crippen molar-refractivity contribution in [3.8, 4) is 5.75 Å². The third kappa shape index (κ3) is 3.88. The first kappa shape index (κ1) is 14.7. The molecule has 2 rings (SSSR count). The number of thioether (sulfide) groups is 1. The minimum absolute atomic E-state index is 0.179. The summed E-state index contributed by atoms with van der Waals surface area (Å²) in [6.45, 7) is 1.75. The van der Waals surface area contributed by atoms with Crippen LogP contribution in [0.3, 0.4) is 0 Å². The third-order valence-corrected chi connectivity index (χ3v) is 3.60. The van der Waals surface area contributed by atoms with Crippen molar-refractivity contribution in [3.05, 3.63) is 35.1 Å². The van der Waals surface area contributed by atoms with E-state index in [0.717, 1.165) is 11.8 Å². The Bertz CT molecular complexity index is 605. The van der Waals surface area contributed by atoms with Gasteiger partial charge in [-0.15, -0.1) is 5.10 Å². The molecular weight excluding hydrogens is 302 g/mol. The van der Waals surface area contributed by atoms with Crippen LogP contribution in [0, 0.1) is 0 Å². The minimum atomic E-state index is -0.909. The standard InChI is InChI=1S/C12H12ClN3O3S/c1-7(11(17)18)20-12-14-10(15-16-12)6-19-9-5-3-2-4-8(9)13/h2-5,7H,6H2,1H3,(H,17,18)(H,14,15,16)/t7-/m0/s1. The molecule has 1 aromatic carbocycles. The van der Waals surface area contributed by atoms with Gasteiger partial charge in [0.1, 0.15) is 17.6 Å². The number of H-pyrrole nitrogens is 1. The van der Waals surface area contributed by atoms with Crippen molar-refractivity contribution in [1.29, 1.82) is 0 Å². The molecule has 2 aromatic rings. The molecule has 1 atom stereocenters. The van der Waals surface area contributed by atoms with Crippen molar-refractivity contribution in [2.75, 3.05) is 0 Å². The summed E-state index contributed by atoms with van der Waals surface area (Å²) in [5.74, 6) is 0.150. The number of aliphatic carboxylic acids is 1. The quantitative estimate of drug-likeness (QED) is 0.797. The third-order valence-electron chi connectivity index (χ3n) is 2.34. The van der Waals surface area contributed by atoms with Crippen LogP contribution in [-0.4, -0.2) is 31.5 Å². The van der Waals surface area contributed by atoms with Crippen LogP contribution in [0.5, 0.6) is 5.75 Å². The van der Waals surface area contributed by atoms with E-state index in [1.54, 1.807) is 19.1 Å². The Hall–Kier alpha value is -1.73. The van der Waals surface area contributed by atoms with E-state index in [1.807, 2.05) is 12.1 Å². The Balaban J connectivity index is 1.93. The fraction of sp³-hybridized carbons (Fsp3) is 0.250. The Kier molecular flexibility index (Phi) is 4.86. The maximum Gasteiger partial charge on any atom is 0.316 e. The fourth-order valence-electron chi connectivity index (χ4n) is 1.31. The predicted octanol–water partition coefficient (Wildman–Crippen LogP) is 2.60. The van der Waals surface area contributed by atoms with Crippen LogP contribution in [0.1, 0.15) is 12.7 Å². The van der Waals surface area contributed by atoms with Crippen molar-refractivity contribution in [3.63, 3.8) is 0 Å². The molecule has 0 saturated heterocycles. The second-order valence-corrected chi connectivity index (χ2v) is 5.60. The first-order valence-corrected chi connectivity index (χ1v) is 7.00. The molecule has 0 fully saturated rings. The Morgan fingerprint density at radius 2 is 2.30 bits per heavy atom. The maximum atomic E-state index is 10.7. The van der Waals surface area contributed by atoms with E-state index >= 15 is 0 Å². The SMILES string of the molecule is C[C@H](Sc1n[nH]c(COc2ccccc2Cl)n1)C(=O)O. The molecule has 0 aliphatic heterocycles. The number of aromatic nitrogens is 3. The van der Waals surface area contributed by atoms with Gasteiger partial charge < -0.3 is 9.84 Å². The number of carbonyl (C=O) groups is 1. The summed E-state index contributed by atoms with van der Waals surface area (Å²) in [6, 6.07) is 7.11. The van der Waals surface area contributed by atoms with Gasteiger partial charge in [-0.2, -0.15) is 0 Å². The van der Waals surface area contributed by atoms with Gasteiger partial charge >= 0.3 is 5.97 Å². The van der Waals surface area contributed by atoms with Crippen molar-refractivity contribution in [2.45, 2.75) is 23.9 Å². The zero-order valence-electron chi connectivity index (χ0n) is 10.5. The van der Waals surface area contributed by atoms with Crippen LogP contribution in [-0.2, 0) is 11.4 Å². The number of carboxylic acid groups (broad SMARTS) is 1. The second kappa shape index (κ2) is 6.62. The minimum Gasteiger partial charge on any atom is -0.484 e. The lowest BCUT2D eigenvalue weighted by Gasteiger charge is -2.05. The van der Waals surface area contributed by atoms with E-state index in [-0.39, 0.29) is 6.61 Å². The van der Waals surface area contributed by atoms with Gasteiger partial charge in [-0.3, -0.25) is 9.89 Å². The van der Waals surface area contributed by atoms with Gasteiger partial charge in [0, 0.05) is 0 Å². The number of nitrogens with zero attached hydrogens (tertiary/aromatic N) is 2. The molecule has 0 amide bonds. The average Bonchev–Trinajstić information content (AvgIpc) is 2.85. The Morgan fingerprint density at radius 3 is 3.00 bits per heavy atom. The highest BCUT2D eigenvalue weighted by Crippen LogP contribution is 2.24. The van der Waals surface area contributed by atoms with Crippen molar-refractivity contribution in [2.24, 2.45) is 0 Å². The lowest BCUT2D eigenvalue weighted by Crippen LogP contribution is -2.11. The summed E-state index contributed by atoms with van der Waals surface area (Å²) in [6.07, 6.45) is 0. The van der Waals surface area contributed by atoms with E-state index in [9.17, 15) is 4.79 Å². The molecule has 0 unspecified atom stereocenters. The maximum absolute atomic E-state index is 10.7. The molecule has 1 heterocycles. The number of halogens is 1. The molecule has 106 valence electrons. The summed E-state index contributed by atoms with van der Waals surface area (Å²) in [7, 11) is 0. The second-order valence-electron chi connectivity index (χ2n) is 3.88. The van der Waals surface area contributed by atoms with Crippen molar-refractivity contribution >= 4 is 29.3 Å². The summed E-state index contributed by atoms with van der Waals surface area (Å²) in [5.41, 5.74) is 0. The smallest absolute Gasteiger partial charge is 0.316 e. The van der Waals surface area contributed by atoms with E-state index < -0.39 is 11.2 Å².